The second-order valence-electron chi connectivity index (χ2n) is 18.7. The van der Waals surface area contributed by atoms with E-state index < -0.39 is 5.41 Å². The van der Waals surface area contributed by atoms with Gasteiger partial charge in [-0.25, -0.2) is 0 Å². The second kappa shape index (κ2) is 14.5. The van der Waals surface area contributed by atoms with Gasteiger partial charge in [0.1, 0.15) is 0 Å². The highest BCUT2D eigenvalue weighted by molar-refractivity contribution is 6.13. The molecule has 0 fully saturated rings. The van der Waals surface area contributed by atoms with Crippen LogP contribution in [-0.4, -0.2) is 9.13 Å². The molecular formula is C66H42N3-. The first-order chi connectivity index (χ1) is 34.2. The largest absolute Gasteiger partial charge is 0.674 e. The summed E-state index contributed by atoms with van der Waals surface area (Å²) in [4.78, 5) is 0. The standard InChI is InChI=1S/C66H42N3/c1-4-18-42(19-5-1)46-39-58(43-20-6-2-7-21-43)67-59(40-46)52-27-17-29-56-64(52)53-38-44(45-34-36-50-48-24-10-13-31-60(48)68(63(50)41-45)47-22-8-3-9-23-47)35-37-54(53)66(56)55-28-12-15-33-62(55)69-61-32-14-11-25-49(61)51-26-16-30-57(66)65(51)69/h1-41,59H/q-1. The molecule has 4 heterocycles. The van der Waals surface area contributed by atoms with E-state index in [1.54, 1.807) is 0 Å². The third-order valence-corrected chi connectivity index (χ3v) is 15.3. The Kier molecular flexibility index (Phi) is 8.05. The van der Waals surface area contributed by atoms with Crippen molar-refractivity contribution in [2.75, 3.05) is 0 Å². The molecule has 0 saturated heterocycles. The molecule has 69 heavy (non-hydrogen) atoms. The number of aromatic nitrogens is 2. The van der Waals surface area contributed by atoms with Crippen LogP contribution in [0.15, 0.2) is 249 Å². The van der Waals surface area contributed by atoms with Gasteiger partial charge < -0.3 is 14.5 Å². The van der Waals surface area contributed by atoms with Gasteiger partial charge in [0.2, 0.25) is 0 Å². The summed E-state index contributed by atoms with van der Waals surface area (Å²) in [5.41, 5.74) is 22.4. The lowest BCUT2D eigenvalue weighted by atomic mass is 9.65. The van der Waals surface area contributed by atoms with Crippen molar-refractivity contribution in [1.82, 2.24) is 9.13 Å². The van der Waals surface area contributed by atoms with Crippen LogP contribution in [0, 0.1) is 0 Å². The van der Waals surface area contributed by atoms with Crippen molar-refractivity contribution in [1.29, 1.82) is 0 Å². The molecule has 0 amide bonds. The van der Waals surface area contributed by atoms with Crippen molar-refractivity contribution >= 4 is 54.9 Å². The molecule has 3 heteroatoms. The van der Waals surface area contributed by atoms with Crippen LogP contribution in [0.4, 0.5) is 0 Å². The highest BCUT2D eigenvalue weighted by Crippen LogP contribution is 2.63. The van der Waals surface area contributed by atoms with Crippen molar-refractivity contribution in [3.05, 3.63) is 293 Å². The Labute approximate surface area is 400 Å². The molecular weight excluding hydrogens is 835 g/mol. The Hall–Kier alpha value is -8.92. The van der Waals surface area contributed by atoms with Crippen molar-refractivity contribution in [3.63, 3.8) is 0 Å². The number of fused-ring (bicyclic) bond motifs is 15. The molecule has 15 rings (SSSR count). The second-order valence-corrected chi connectivity index (χ2v) is 18.7. The van der Waals surface area contributed by atoms with Crippen LogP contribution in [0.3, 0.4) is 0 Å². The van der Waals surface area contributed by atoms with Gasteiger partial charge in [-0.2, -0.15) is 0 Å². The molecule has 2 atom stereocenters. The summed E-state index contributed by atoms with van der Waals surface area (Å²) in [5, 5.41) is 10.7. The quantitative estimate of drug-likeness (QED) is 0.165. The van der Waals surface area contributed by atoms with Gasteiger partial charge in [0.15, 0.2) is 0 Å². The van der Waals surface area contributed by atoms with Crippen LogP contribution in [0.2, 0.25) is 0 Å². The van der Waals surface area contributed by atoms with Gasteiger partial charge in [-0.15, -0.1) is 5.70 Å². The molecule has 0 bridgehead atoms. The third kappa shape index (κ3) is 5.33. The van der Waals surface area contributed by atoms with Crippen LogP contribution in [0.1, 0.15) is 45.0 Å². The third-order valence-electron chi connectivity index (χ3n) is 15.3. The molecule has 3 aliphatic rings. The number of allylic oxidation sites excluding steroid dienone is 2. The van der Waals surface area contributed by atoms with Crippen molar-refractivity contribution in [3.8, 4) is 33.6 Å². The first-order valence-corrected chi connectivity index (χ1v) is 24.0. The fourth-order valence-corrected chi connectivity index (χ4v) is 12.4. The Morgan fingerprint density at radius 2 is 0.986 bits per heavy atom. The van der Waals surface area contributed by atoms with Gasteiger partial charge in [0.25, 0.3) is 0 Å². The normalized spacial score (nSPS) is 16.6. The molecule has 12 aromatic rings. The minimum Gasteiger partial charge on any atom is -0.674 e. The van der Waals surface area contributed by atoms with Crippen LogP contribution in [0.25, 0.3) is 93.8 Å². The van der Waals surface area contributed by atoms with Gasteiger partial charge in [0.05, 0.1) is 33.2 Å². The summed E-state index contributed by atoms with van der Waals surface area (Å²) in [6, 6.07) is 87.2. The van der Waals surface area contributed by atoms with Crippen LogP contribution >= 0.6 is 0 Å². The molecule has 1 aliphatic carbocycles. The average Bonchev–Trinajstić information content (AvgIpc) is 4.05. The molecule has 322 valence electrons. The van der Waals surface area contributed by atoms with E-state index in [0.717, 1.165) is 16.9 Å². The van der Waals surface area contributed by atoms with E-state index in [2.05, 4.69) is 258 Å². The molecule has 2 aromatic heterocycles. The molecule has 10 aromatic carbocycles. The highest BCUT2D eigenvalue weighted by atomic mass is 15.0. The van der Waals surface area contributed by atoms with E-state index in [-0.39, 0.29) is 6.04 Å². The number of para-hydroxylation sites is 5. The SMILES string of the molecule is C1=C(c2ccccc2)C=C(c2ccccc2)[N-]C1c1cccc2c1-c1cc(-c3ccc4c5ccccc5n(-c5ccccc5)c4c3)ccc1C21c2ccccc2-n2c3ccccc3c3cccc1c32. The maximum Gasteiger partial charge on any atom is 0.0754 e. The lowest BCUT2D eigenvalue weighted by Gasteiger charge is -2.41. The Morgan fingerprint density at radius 3 is 1.80 bits per heavy atom. The van der Waals surface area contributed by atoms with Crippen molar-refractivity contribution in [2.45, 2.75) is 11.5 Å². The summed E-state index contributed by atoms with van der Waals surface area (Å²) < 4.78 is 4.95. The maximum absolute atomic E-state index is 5.68. The minimum atomic E-state index is -0.609. The number of nitrogens with zero attached hydrogens (tertiary/aromatic N) is 3. The Morgan fingerprint density at radius 1 is 0.391 bits per heavy atom. The zero-order chi connectivity index (χ0) is 45.2. The lowest BCUT2D eigenvalue weighted by molar-refractivity contribution is 0.747. The van der Waals surface area contributed by atoms with Crippen LogP contribution in [0.5, 0.6) is 0 Å². The van der Waals surface area contributed by atoms with Gasteiger partial charge >= 0.3 is 0 Å². The minimum absolute atomic E-state index is 0.249. The summed E-state index contributed by atoms with van der Waals surface area (Å²) in [6.07, 6.45) is 4.65. The van der Waals surface area contributed by atoms with Gasteiger partial charge in [-0.05, 0) is 104 Å². The fraction of sp³-hybridized carbons (Fsp3) is 0.0303. The van der Waals surface area contributed by atoms with E-state index >= 15 is 0 Å². The summed E-state index contributed by atoms with van der Waals surface area (Å²) >= 11 is 0. The Bertz CT molecular complexity index is 4150. The number of rotatable bonds is 5. The van der Waals surface area contributed by atoms with E-state index in [1.165, 1.54) is 111 Å². The number of hydrogen-bond acceptors (Lipinski definition) is 0. The lowest BCUT2D eigenvalue weighted by Crippen LogP contribution is -2.33. The van der Waals surface area contributed by atoms with Crippen molar-refractivity contribution < 1.29 is 0 Å². The number of hydrogen-bond donors (Lipinski definition) is 0. The van der Waals surface area contributed by atoms with E-state index in [9.17, 15) is 0 Å². The monoisotopic (exact) mass is 876 g/mol. The first-order valence-electron chi connectivity index (χ1n) is 24.0. The summed E-state index contributed by atoms with van der Waals surface area (Å²) in [5.74, 6) is 0. The topological polar surface area (TPSA) is 24.0 Å². The molecule has 2 unspecified atom stereocenters. The average molecular weight is 877 g/mol. The van der Waals surface area contributed by atoms with Crippen molar-refractivity contribution in [2.24, 2.45) is 0 Å². The number of benzene rings is 10. The molecule has 3 nitrogen and oxygen atoms in total. The zero-order valence-corrected chi connectivity index (χ0v) is 37.6. The molecule has 0 N–H and O–H groups in total. The van der Waals surface area contributed by atoms with E-state index in [4.69, 9.17) is 5.32 Å². The van der Waals surface area contributed by atoms with E-state index in [0.29, 0.717) is 0 Å². The first kappa shape index (κ1) is 38.2. The zero-order valence-electron chi connectivity index (χ0n) is 37.6. The van der Waals surface area contributed by atoms with Gasteiger partial charge in [0, 0.05) is 27.2 Å². The smallest absolute Gasteiger partial charge is 0.0754 e. The summed E-state index contributed by atoms with van der Waals surface area (Å²) in [6.45, 7) is 0. The predicted octanol–water partition coefficient (Wildman–Crippen LogP) is 16.8. The van der Waals surface area contributed by atoms with Crippen LogP contribution < -0.4 is 0 Å². The van der Waals surface area contributed by atoms with E-state index in [1.807, 2.05) is 0 Å². The molecule has 0 radical (unpaired) electrons. The summed E-state index contributed by atoms with van der Waals surface area (Å²) in [7, 11) is 0. The maximum atomic E-state index is 5.68. The molecule has 1 spiro atoms. The fourth-order valence-electron chi connectivity index (χ4n) is 12.4. The van der Waals surface area contributed by atoms with Gasteiger partial charge in [-0.1, -0.05) is 218 Å². The predicted molar refractivity (Wildman–Crippen MR) is 286 cm³/mol. The molecule has 0 saturated carbocycles. The molecule has 2 aliphatic heterocycles. The Balaban J connectivity index is 1.02. The van der Waals surface area contributed by atoms with Gasteiger partial charge in [-0.3, -0.25) is 0 Å². The van der Waals surface area contributed by atoms with Crippen LogP contribution in [-0.2, 0) is 5.41 Å². The highest BCUT2D eigenvalue weighted by Gasteiger charge is 2.51.